The average Bonchev–Trinajstić information content (AvgIpc) is 2.81. The number of methoxy groups -OCH3 is 1. The molecule has 2 amide bonds. The number of amides is 2. The molecule has 1 atom stereocenters. The van der Waals surface area contributed by atoms with Crippen LogP contribution in [0.5, 0.6) is 5.75 Å². The van der Waals surface area contributed by atoms with Crippen molar-refractivity contribution >= 4 is 52.5 Å². The van der Waals surface area contributed by atoms with Crippen LogP contribution >= 0.6 is 23.4 Å². The highest BCUT2D eigenvalue weighted by atomic mass is 35.5. The first-order valence-corrected chi connectivity index (χ1v) is 11.1. The largest absolute Gasteiger partial charge is 0.497 e. The van der Waals surface area contributed by atoms with E-state index >= 15 is 0 Å². The van der Waals surface area contributed by atoms with Crippen LogP contribution < -0.4 is 15.4 Å². The Labute approximate surface area is 200 Å². The van der Waals surface area contributed by atoms with Crippen molar-refractivity contribution in [1.82, 2.24) is 0 Å². The number of rotatable bonds is 8. The number of carbonyl (C=O) groups excluding carboxylic acids is 2. The van der Waals surface area contributed by atoms with Gasteiger partial charge >= 0.3 is 5.97 Å². The second-order valence-corrected chi connectivity index (χ2v) is 8.78. The van der Waals surface area contributed by atoms with Gasteiger partial charge in [0.25, 0.3) is 5.91 Å². The highest BCUT2D eigenvalue weighted by Crippen LogP contribution is 2.27. The number of carboxylic acids is 1. The van der Waals surface area contributed by atoms with Crippen molar-refractivity contribution in [2.24, 2.45) is 0 Å². The van der Waals surface area contributed by atoms with E-state index in [0.29, 0.717) is 22.7 Å². The summed E-state index contributed by atoms with van der Waals surface area (Å²) in [5, 5.41) is 14.3. The summed E-state index contributed by atoms with van der Waals surface area (Å²) in [4.78, 5) is 37.0. The second kappa shape index (κ2) is 10.9. The van der Waals surface area contributed by atoms with Gasteiger partial charge in [0.05, 0.1) is 22.9 Å². The monoisotopic (exact) mass is 484 g/mol. The molecule has 9 heteroatoms. The van der Waals surface area contributed by atoms with Crippen LogP contribution in [0.2, 0.25) is 5.02 Å². The number of carbonyl (C=O) groups is 3. The molecule has 170 valence electrons. The number of aromatic carboxylic acids is 1. The second-order valence-electron chi connectivity index (χ2n) is 6.96. The molecule has 3 aromatic carbocycles. The quantitative estimate of drug-likeness (QED) is 0.369. The normalized spacial score (nSPS) is 11.4. The Bertz CT molecular complexity index is 1180. The SMILES string of the molecule is COc1cccc(C(=O)Nc2ccc(SC(C)C(=O)Nc3ccc(Cl)c(C(=O)O)c3)cc2)c1. The third-order valence-electron chi connectivity index (χ3n) is 4.59. The number of nitrogens with one attached hydrogen (secondary N) is 2. The molecule has 1 unspecified atom stereocenters. The minimum Gasteiger partial charge on any atom is -0.497 e. The first-order valence-electron chi connectivity index (χ1n) is 9.82. The van der Waals surface area contributed by atoms with Gasteiger partial charge in [0.1, 0.15) is 5.75 Å². The molecule has 3 aromatic rings. The van der Waals surface area contributed by atoms with Crippen LogP contribution in [0.15, 0.2) is 71.6 Å². The molecule has 0 bridgehead atoms. The number of hydrogen-bond donors (Lipinski definition) is 3. The number of anilines is 2. The van der Waals surface area contributed by atoms with E-state index in [4.69, 9.17) is 21.4 Å². The molecule has 0 radical (unpaired) electrons. The van der Waals surface area contributed by atoms with E-state index in [-0.39, 0.29) is 22.4 Å². The van der Waals surface area contributed by atoms with E-state index in [0.717, 1.165) is 4.90 Å². The minimum absolute atomic E-state index is 0.0821. The summed E-state index contributed by atoms with van der Waals surface area (Å²) in [7, 11) is 1.54. The summed E-state index contributed by atoms with van der Waals surface area (Å²) in [6.45, 7) is 1.74. The van der Waals surface area contributed by atoms with Gasteiger partial charge in [-0.05, 0) is 67.6 Å². The Hall–Kier alpha value is -3.49. The highest BCUT2D eigenvalue weighted by Gasteiger charge is 2.17. The summed E-state index contributed by atoms with van der Waals surface area (Å²) in [5.41, 5.74) is 1.36. The van der Waals surface area contributed by atoms with Crippen molar-refractivity contribution in [2.75, 3.05) is 17.7 Å². The molecule has 0 aromatic heterocycles. The number of halogens is 1. The third-order valence-corrected chi connectivity index (χ3v) is 6.03. The molecular formula is C24H21ClN2O5S. The molecule has 33 heavy (non-hydrogen) atoms. The van der Waals surface area contributed by atoms with Gasteiger partial charge < -0.3 is 20.5 Å². The lowest BCUT2D eigenvalue weighted by Crippen LogP contribution is -2.22. The van der Waals surface area contributed by atoms with Gasteiger partial charge in [0.15, 0.2) is 0 Å². The van der Waals surface area contributed by atoms with Crippen molar-refractivity contribution < 1.29 is 24.2 Å². The third kappa shape index (κ3) is 6.50. The molecule has 0 aliphatic heterocycles. The van der Waals surface area contributed by atoms with Gasteiger partial charge in [-0.15, -0.1) is 11.8 Å². The predicted molar refractivity (Wildman–Crippen MR) is 130 cm³/mol. The molecule has 0 saturated carbocycles. The summed E-state index contributed by atoms with van der Waals surface area (Å²) in [5.74, 6) is -1.11. The fourth-order valence-corrected chi connectivity index (χ4v) is 3.92. The molecule has 0 aliphatic carbocycles. The fourth-order valence-electron chi connectivity index (χ4n) is 2.85. The standard InChI is InChI=1S/C24H21ClN2O5S/c1-14(22(28)27-17-8-11-21(25)20(13-17)24(30)31)33-19-9-6-16(7-10-19)26-23(29)15-4-3-5-18(12-15)32-2/h3-14H,1-2H3,(H,26,29)(H,27,28)(H,30,31). The Morgan fingerprint density at radius 3 is 2.33 bits per heavy atom. The molecule has 0 saturated heterocycles. The number of benzene rings is 3. The van der Waals surface area contributed by atoms with Crippen LogP contribution in [0, 0.1) is 0 Å². The Morgan fingerprint density at radius 2 is 1.67 bits per heavy atom. The first-order chi connectivity index (χ1) is 15.8. The Balaban J connectivity index is 1.58. The number of hydrogen-bond acceptors (Lipinski definition) is 5. The molecule has 3 rings (SSSR count). The van der Waals surface area contributed by atoms with Gasteiger partial charge in [0, 0.05) is 21.8 Å². The van der Waals surface area contributed by atoms with Gasteiger partial charge in [0.2, 0.25) is 5.91 Å². The van der Waals surface area contributed by atoms with Crippen molar-refractivity contribution in [3.63, 3.8) is 0 Å². The first kappa shape index (κ1) is 24.2. The average molecular weight is 485 g/mol. The van der Waals surface area contributed by atoms with E-state index < -0.39 is 11.2 Å². The van der Waals surface area contributed by atoms with Crippen LogP contribution in [-0.2, 0) is 4.79 Å². The zero-order valence-electron chi connectivity index (χ0n) is 17.8. The zero-order chi connectivity index (χ0) is 24.0. The van der Waals surface area contributed by atoms with E-state index in [1.165, 1.54) is 31.0 Å². The molecule has 0 heterocycles. The molecular weight excluding hydrogens is 464 g/mol. The van der Waals surface area contributed by atoms with Crippen molar-refractivity contribution in [1.29, 1.82) is 0 Å². The summed E-state index contributed by atoms with van der Waals surface area (Å²) < 4.78 is 5.14. The lowest BCUT2D eigenvalue weighted by Gasteiger charge is -2.13. The van der Waals surface area contributed by atoms with Crippen LogP contribution in [0.4, 0.5) is 11.4 Å². The predicted octanol–water partition coefficient (Wildman–Crippen LogP) is 5.42. The maximum Gasteiger partial charge on any atom is 0.337 e. The van der Waals surface area contributed by atoms with Crippen molar-refractivity contribution in [3.8, 4) is 5.75 Å². The fraction of sp³-hybridized carbons (Fsp3) is 0.125. The maximum atomic E-state index is 12.5. The Morgan fingerprint density at radius 1 is 0.970 bits per heavy atom. The molecule has 3 N–H and O–H groups in total. The number of carboxylic acid groups (broad SMARTS) is 1. The Kier molecular flexibility index (Phi) is 7.97. The zero-order valence-corrected chi connectivity index (χ0v) is 19.4. The van der Waals surface area contributed by atoms with Gasteiger partial charge in [-0.2, -0.15) is 0 Å². The topological polar surface area (TPSA) is 105 Å². The van der Waals surface area contributed by atoms with Crippen LogP contribution in [-0.4, -0.2) is 35.2 Å². The van der Waals surface area contributed by atoms with E-state index in [2.05, 4.69) is 10.6 Å². The van der Waals surface area contributed by atoms with Crippen molar-refractivity contribution in [3.05, 3.63) is 82.9 Å². The number of thioether (sulfide) groups is 1. The van der Waals surface area contributed by atoms with E-state index in [9.17, 15) is 14.4 Å². The van der Waals surface area contributed by atoms with Crippen LogP contribution in [0.25, 0.3) is 0 Å². The summed E-state index contributed by atoms with van der Waals surface area (Å²) >= 11 is 7.19. The van der Waals surface area contributed by atoms with E-state index in [1.807, 2.05) is 0 Å². The maximum absolute atomic E-state index is 12.5. The smallest absolute Gasteiger partial charge is 0.337 e. The molecule has 7 nitrogen and oxygen atoms in total. The highest BCUT2D eigenvalue weighted by molar-refractivity contribution is 8.00. The molecule has 0 fully saturated rings. The lowest BCUT2D eigenvalue weighted by atomic mass is 10.2. The molecule has 0 spiro atoms. The van der Waals surface area contributed by atoms with Crippen LogP contribution in [0.3, 0.4) is 0 Å². The summed E-state index contributed by atoms with van der Waals surface area (Å²) in [6.07, 6.45) is 0. The lowest BCUT2D eigenvalue weighted by molar-refractivity contribution is -0.115. The number of ether oxygens (including phenoxy) is 1. The summed E-state index contributed by atoms with van der Waals surface area (Å²) in [6, 6.07) is 18.3. The van der Waals surface area contributed by atoms with Gasteiger partial charge in [-0.1, -0.05) is 17.7 Å². The van der Waals surface area contributed by atoms with Crippen LogP contribution in [0.1, 0.15) is 27.6 Å². The van der Waals surface area contributed by atoms with Crippen molar-refractivity contribution in [2.45, 2.75) is 17.1 Å². The molecule has 0 aliphatic rings. The minimum atomic E-state index is -1.17. The van der Waals surface area contributed by atoms with Gasteiger partial charge in [-0.3, -0.25) is 9.59 Å². The van der Waals surface area contributed by atoms with Gasteiger partial charge in [-0.25, -0.2) is 4.79 Å². The van der Waals surface area contributed by atoms with E-state index in [1.54, 1.807) is 61.5 Å².